The van der Waals surface area contributed by atoms with Crippen LogP contribution in [0.25, 0.3) is 11.0 Å². The van der Waals surface area contributed by atoms with Crippen molar-refractivity contribution < 1.29 is 4.79 Å². The quantitative estimate of drug-likeness (QED) is 0.408. The third kappa shape index (κ3) is 4.55. The fraction of sp³-hybridized carbons (Fsp3) is 0.261. The van der Waals surface area contributed by atoms with Gasteiger partial charge in [-0.05, 0) is 23.3 Å². The maximum atomic E-state index is 12.7. The van der Waals surface area contributed by atoms with Gasteiger partial charge in [0, 0.05) is 28.9 Å². The van der Waals surface area contributed by atoms with Crippen LogP contribution in [-0.2, 0) is 23.2 Å². The molecule has 1 N–H and O–H groups in total. The first-order valence-corrected chi connectivity index (χ1v) is 11.0. The molecule has 0 aliphatic carbocycles. The van der Waals surface area contributed by atoms with Crippen molar-refractivity contribution in [3.63, 3.8) is 0 Å². The Morgan fingerprint density at radius 2 is 1.90 bits per heavy atom. The molecule has 0 aliphatic rings. The molecule has 1 aromatic carbocycles. The Morgan fingerprint density at radius 1 is 1.13 bits per heavy atom. The van der Waals surface area contributed by atoms with Crippen LogP contribution in [0.15, 0.2) is 54.0 Å². The Morgan fingerprint density at radius 3 is 2.60 bits per heavy atom. The van der Waals surface area contributed by atoms with E-state index < -0.39 is 0 Å². The lowest BCUT2D eigenvalue weighted by molar-refractivity contribution is -0.115. The lowest BCUT2D eigenvalue weighted by atomic mass is 9.93. The van der Waals surface area contributed by atoms with E-state index in [0.29, 0.717) is 16.8 Å². The number of fused-ring (bicyclic) bond motifs is 1. The van der Waals surface area contributed by atoms with Crippen molar-refractivity contribution in [1.82, 2.24) is 14.5 Å². The number of thiazole rings is 1. The second-order valence-corrected chi connectivity index (χ2v) is 9.53. The summed E-state index contributed by atoms with van der Waals surface area (Å²) in [6.07, 6.45) is 2.23. The monoisotopic (exact) mass is 438 g/mol. The van der Waals surface area contributed by atoms with Gasteiger partial charge in [0.05, 0.1) is 12.1 Å². The molecule has 7 heteroatoms. The highest BCUT2D eigenvalue weighted by Gasteiger charge is 2.19. The Hall–Kier alpha value is -2.70. The van der Waals surface area contributed by atoms with Crippen molar-refractivity contribution >= 4 is 45.0 Å². The van der Waals surface area contributed by atoms with Crippen LogP contribution in [0.1, 0.15) is 37.6 Å². The highest BCUT2D eigenvalue weighted by Crippen LogP contribution is 2.27. The van der Waals surface area contributed by atoms with Crippen molar-refractivity contribution in [1.29, 1.82) is 0 Å². The minimum atomic E-state index is -0.0986. The Balaban J connectivity index is 1.58. The normalized spacial score (nSPS) is 11.7. The number of pyridine rings is 1. The molecule has 1 amide bonds. The minimum Gasteiger partial charge on any atom is -0.328 e. The van der Waals surface area contributed by atoms with Crippen LogP contribution >= 0.6 is 22.9 Å². The van der Waals surface area contributed by atoms with E-state index in [2.05, 4.69) is 48.2 Å². The zero-order valence-electron chi connectivity index (χ0n) is 17.1. The number of halogens is 1. The third-order valence-electron chi connectivity index (χ3n) is 4.84. The fourth-order valence-electron chi connectivity index (χ4n) is 3.27. The Bertz CT molecular complexity index is 1190. The second-order valence-electron chi connectivity index (χ2n) is 8.29. The van der Waals surface area contributed by atoms with Crippen molar-refractivity contribution in [2.45, 2.75) is 39.2 Å². The van der Waals surface area contributed by atoms with Crippen LogP contribution in [0.3, 0.4) is 0 Å². The van der Waals surface area contributed by atoms with Crippen LogP contribution in [0.4, 0.5) is 5.13 Å². The second kappa shape index (κ2) is 8.20. The van der Waals surface area contributed by atoms with E-state index in [1.165, 1.54) is 11.3 Å². The van der Waals surface area contributed by atoms with Crippen molar-refractivity contribution in [3.8, 4) is 0 Å². The third-order valence-corrected chi connectivity index (χ3v) is 5.80. The summed E-state index contributed by atoms with van der Waals surface area (Å²) in [6, 6.07) is 13.8. The number of hydrogen-bond acceptors (Lipinski definition) is 4. The van der Waals surface area contributed by atoms with Gasteiger partial charge in [-0.25, -0.2) is 9.97 Å². The Labute approximate surface area is 184 Å². The van der Waals surface area contributed by atoms with E-state index in [0.717, 1.165) is 27.9 Å². The van der Waals surface area contributed by atoms with E-state index >= 15 is 0 Å². The van der Waals surface area contributed by atoms with Crippen LogP contribution in [-0.4, -0.2) is 20.4 Å². The summed E-state index contributed by atoms with van der Waals surface area (Å²) in [4.78, 5) is 21.8. The number of nitrogens with zero attached hydrogens (tertiary/aromatic N) is 3. The first-order valence-electron chi connectivity index (χ1n) is 9.73. The fourth-order valence-corrected chi connectivity index (χ4v) is 4.36. The summed E-state index contributed by atoms with van der Waals surface area (Å²) in [5.41, 5.74) is 3.77. The summed E-state index contributed by atoms with van der Waals surface area (Å²) >= 11 is 7.59. The van der Waals surface area contributed by atoms with E-state index in [9.17, 15) is 4.79 Å². The molecule has 0 bridgehead atoms. The number of carbonyl (C=O) groups is 1. The largest absolute Gasteiger partial charge is 0.328 e. The predicted molar refractivity (Wildman–Crippen MR) is 123 cm³/mol. The zero-order chi connectivity index (χ0) is 21.3. The van der Waals surface area contributed by atoms with Gasteiger partial charge in [0.2, 0.25) is 5.91 Å². The zero-order valence-corrected chi connectivity index (χ0v) is 18.7. The molecular formula is C23H23ClN4OS. The van der Waals surface area contributed by atoms with Gasteiger partial charge >= 0.3 is 0 Å². The molecule has 0 spiro atoms. The molecule has 0 radical (unpaired) electrons. The van der Waals surface area contributed by atoms with E-state index in [4.69, 9.17) is 11.6 Å². The van der Waals surface area contributed by atoms with Gasteiger partial charge in [-0.15, -0.1) is 11.3 Å². The van der Waals surface area contributed by atoms with E-state index in [1.54, 1.807) is 6.07 Å². The molecule has 0 saturated heterocycles. The highest BCUT2D eigenvalue weighted by molar-refractivity contribution is 7.13. The SMILES string of the molecule is CC(C)(C)c1csc(NC(=O)Cc2cn(Cc3ccccc3)c3nc(Cl)ccc23)n1. The van der Waals surface area contributed by atoms with Gasteiger partial charge in [-0.3, -0.25) is 4.79 Å². The number of carbonyl (C=O) groups excluding carboxylic acids is 1. The lowest BCUT2D eigenvalue weighted by Gasteiger charge is -2.14. The summed E-state index contributed by atoms with van der Waals surface area (Å²) in [7, 11) is 0. The molecule has 0 aliphatic heterocycles. The standard InChI is InChI=1S/C23H23ClN4OS/c1-23(2,3)18-14-30-22(25-18)27-20(29)11-16-13-28(12-15-7-5-4-6-8-15)21-17(16)9-10-19(24)26-21/h4-10,13-14H,11-12H2,1-3H3,(H,25,27,29). The van der Waals surface area contributed by atoms with Crippen molar-refractivity contribution in [3.05, 3.63) is 76.0 Å². The average molecular weight is 439 g/mol. The first kappa shape index (κ1) is 20.6. The van der Waals surface area contributed by atoms with E-state index in [-0.39, 0.29) is 17.7 Å². The van der Waals surface area contributed by atoms with Gasteiger partial charge in [-0.2, -0.15) is 0 Å². The number of hydrogen-bond donors (Lipinski definition) is 1. The van der Waals surface area contributed by atoms with Gasteiger partial charge < -0.3 is 9.88 Å². The summed E-state index contributed by atoms with van der Waals surface area (Å²) in [6.45, 7) is 6.97. The molecule has 0 saturated carbocycles. The van der Waals surface area contributed by atoms with Crippen LogP contribution in [0.2, 0.25) is 5.15 Å². The molecule has 0 fully saturated rings. The number of benzene rings is 1. The molecular weight excluding hydrogens is 416 g/mol. The number of amides is 1. The molecule has 3 heterocycles. The minimum absolute atomic E-state index is 0.0464. The summed E-state index contributed by atoms with van der Waals surface area (Å²) in [5, 5.41) is 6.91. The maximum Gasteiger partial charge on any atom is 0.230 e. The van der Waals surface area contributed by atoms with Gasteiger partial charge in [0.1, 0.15) is 10.8 Å². The summed E-state index contributed by atoms with van der Waals surface area (Å²) < 4.78 is 2.04. The number of rotatable bonds is 5. The van der Waals surface area contributed by atoms with Gasteiger partial charge in [-0.1, -0.05) is 62.7 Å². The molecule has 4 aromatic rings. The molecule has 0 unspecified atom stereocenters. The maximum absolute atomic E-state index is 12.7. The number of anilines is 1. The first-order chi connectivity index (χ1) is 14.3. The molecule has 0 atom stereocenters. The van der Waals surface area contributed by atoms with Gasteiger partial charge in [0.25, 0.3) is 0 Å². The molecule has 154 valence electrons. The van der Waals surface area contributed by atoms with E-state index in [1.807, 2.05) is 40.4 Å². The van der Waals surface area contributed by atoms with Crippen molar-refractivity contribution in [2.75, 3.05) is 5.32 Å². The molecule has 5 nitrogen and oxygen atoms in total. The van der Waals surface area contributed by atoms with Gasteiger partial charge in [0.15, 0.2) is 5.13 Å². The summed E-state index contributed by atoms with van der Waals surface area (Å²) in [5.74, 6) is -0.0986. The van der Waals surface area contributed by atoms with Crippen molar-refractivity contribution in [2.24, 2.45) is 0 Å². The lowest BCUT2D eigenvalue weighted by Crippen LogP contribution is -2.15. The number of nitrogens with one attached hydrogen (secondary N) is 1. The predicted octanol–water partition coefficient (Wildman–Crippen LogP) is 5.67. The van der Waals surface area contributed by atoms with Crippen LogP contribution in [0.5, 0.6) is 0 Å². The highest BCUT2D eigenvalue weighted by atomic mass is 35.5. The molecule has 30 heavy (non-hydrogen) atoms. The van der Waals surface area contributed by atoms with Crippen LogP contribution in [0, 0.1) is 0 Å². The molecule has 4 rings (SSSR count). The Kier molecular flexibility index (Phi) is 5.62. The van der Waals surface area contributed by atoms with Crippen LogP contribution < -0.4 is 5.32 Å². The number of aromatic nitrogens is 3. The smallest absolute Gasteiger partial charge is 0.230 e. The average Bonchev–Trinajstić information content (AvgIpc) is 3.28. The topological polar surface area (TPSA) is 59.8 Å². The molecule has 3 aromatic heterocycles.